The molecule has 6 aliphatic rings. The van der Waals surface area contributed by atoms with E-state index in [2.05, 4.69) is 6.92 Å². The molecule has 13 atom stereocenters. The van der Waals surface area contributed by atoms with Gasteiger partial charge in [-0.2, -0.15) is 0 Å². The molecule has 0 bridgehead atoms. The molecule has 2 N–H and O–H groups in total. The number of aliphatic hydroxyl groups excluding tert-OH is 1. The van der Waals surface area contributed by atoms with Crippen LogP contribution in [0.15, 0.2) is 11.6 Å². The van der Waals surface area contributed by atoms with E-state index in [0.29, 0.717) is 32.3 Å². The average Bonchev–Trinajstić information content (AvgIpc) is 3.50. The van der Waals surface area contributed by atoms with Crippen LogP contribution < -0.4 is 0 Å². The van der Waals surface area contributed by atoms with Gasteiger partial charge in [0.1, 0.15) is 25.1 Å². The number of cyclic esters (lactones) is 1. The van der Waals surface area contributed by atoms with E-state index in [4.69, 9.17) is 23.7 Å². The number of ether oxygens (including phenoxy) is 5. The SMILES string of the molecule is CO[C@@H]1[C@@H](O)[C@@H](C)O[C@@H](O[C@H]2CC[C@@]3(C=O)[C@H](CC[C@@H]4[C@@H]3CC[C@]3(C)[C@@H](C5=CC(=O)OC5)CC[C@]43O)C2)[C@@H]1OC(C)=O. The molecule has 0 amide bonds. The number of hydrogen-bond donors (Lipinski definition) is 2. The van der Waals surface area contributed by atoms with Gasteiger partial charge < -0.3 is 38.7 Å². The molecule has 0 aromatic rings. The summed E-state index contributed by atoms with van der Waals surface area (Å²) in [5, 5.41) is 23.0. The molecule has 5 fully saturated rings. The standard InChI is InChI=1S/C32H46O10/c1-17-26(36)27(38-4)28(41-18(2)34)29(40-17)42-21-7-11-31(16-33)20(14-21)5-6-24-23(31)8-10-30(3)22(9-12-32(24,30)37)19-13-25(35)39-15-19/h13,16-17,20-24,26-29,36-37H,5-12,14-15H2,1-4H3/t17-,20-,21+,22-,23+,24-,26+,27-,28-,29+,30-,31-,32+/m1/s1. The third-order valence-electron chi connectivity index (χ3n) is 12.4. The predicted octanol–water partition coefficient (Wildman–Crippen LogP) is 2.86. The minimum Gasteiger partial charge on any atom is -0.458 e. The Hall–Kier alpha value is -1.85. The lowest BCUT2D eigenvalue weighted by Gasteiger charge is -2.63. The quantitative estimate of drug-likeness (QED) is 0.270. The van der Waals surface area contributed by atoms with E-state index in [0.717, 1.165) is 37.7 Å². The summed E-state index contributed by atoms with van der Waals surface area (Å²) in [6.07, 6.45) is 5.29. The molecule has 6 rings (SSSR count). The summed E-state index contributed by atoms with van der Waals surface area (Å²) in [5.41, 5.74) is -0.761. The summed E-state index contributed by atoms with van der Waals surface area (Å²) in [6.45, 7) is 5.54. The first-order chi connectivity index (χ1) is 20.0. The largest absolute Gasteiger partial charge is 0.458 e. The summed E-state index contributed by atoms with van der Waals surface area (Å²) < 4.78 is 28.7. The van der Waals surface area contributed by atoms with E-state index in [-0.39, 0.29) is 41.2 Å². The molecule has 2 aliphatic heterocycles. The van der Waals surface area contributed by atoms with Crippen LogP contribution in [0.5, 0.6) is 0 Å². The summed E-state index contributed by atoms with van der Waals surface area (Å²) in [5.74, 6) is -0.462. The number of carbonyl (C=O) groups is 3. The Morgan fingerprint density at radius 1 is 1.10 bits per heavy atom. The Labute approximate surface area is 247 Å². The smallest absolute Gasteiger partial charge is 0.331 e. The van der Waals surface area contributed by atoms with Gasteiger partial charge in [0.25, 0.3) is 0 Å². The Bertz CT molecular complexity index is 1120. The number of fused-ring (bicyclic) bond motifs is 5. The van der Waals surface area contributed by atoms with Crippen molar-refractivity contribution in [2.24, 2.45) is 34.5 Å². The fourth-order valence-corrected chi connectivity index (χ4v) is 10.3. The van der Waals surface area contributed by atoms with Gasteiger partial charge in [0.05, 0.1) is 17.8 Å². The van der Waals surface area contributed by atoms with Crippen LogP contribution >= 0.6 is 0 Å². The lowest BCUT2D eigenvalue weighted by Crippen LogP contribution is -2.64. The molecule has 10 heteroatoms. The Kier molecular flexibility index (Phi) is 7.87. The molecule has 0 aromatic heterocycles. The first-order valence-electron chi connectivity index (χ1n) is 15.7. The monoisotopic (exact) mass is 590 g/mol. The second kappa shape index (κ2) is 10.9. The highest BCUT2D eigenvalue weighted by Gasteiger charge is 2.68. The van der Waals surface area contributed by atoms with Gasteiger partial charge in [0.2, 0.25) is 0 Å². The van der Waals surface area contributed by atoms with Crippen molar-refractivity contribution in [1.29, 1.82) is 0 Å². The van der Waals surface area contributed by atoms with Crippen LogP contribution in [0, 0.1) is 34.5 Å². The highest BCUT2D eigenvalue weighted by Crippen LogP contribution is 2.69. The van der Waals surface area contributed by atoms with Crippen molar-refractivity contribution in [2.75, 3.05) is 13.7 Å². The number of methoxy groups -OCH3 is 1. The molecule has 0 aromatic carbocycles. The van der Waals surface area contributed by atoms with Crippen LogP contribution in [0.3, 0.4) is 0 Å². The maximum Gasteiger partial charge on any atom is 0.331 e. The van der Waals surface area contributed by atoms with Crippen LogP contribution in [0.4, 0.5) is 0 Å². The van der Waals surface area contributed by atoms with Crippen molar-refractivity contribution < 1.29 is 48.3 Å². The molecule has 42 heavy (non-hydrogen) atoms. The topological polar surface area (TPSA) is 138 Å². The van der Waals surface area contributed by atoms with Crippen molar-refractivity contribution >= 4 is 18.2 Å². The number of aliphatic hydroxyl groups is 2. The number of esters is 2. The lowest BCUT2D eigenvalue weighted by atomic mass is 9.43. The highest BCUT2D eigenvalue weighted by molar-refractivity contribution is 5.85. The number of hydrogen-bond acceptors (Lipinski definition) is 10. The van der Waals surface area contributed by atoms with Gasteiger partial charge in [-0.15, -0.1) is 0 Å². The second-order valence-corrected chi connectivity index (χ2v) is 14.0. The van der Waals surface area contributed by atoms with E-state index in [1.165, 1.54) is 20.3 Å². The minimum atomic E-state index is -0.973. The number of carbonyl (C=O) groups excluding carboxylic acids is 3. The molecular formula is C32H46O10. The Balaban J connectivity index is 1.19. The number of aldehydes is 1. The fourth-order valence-electron chi connectivity index (χ4n) is 10.3. The van der Waals surface area contributed by atoms with Gasteiger partial charge in [-0.25, -0.2) is 4.79 Å². The zero-order valence-electron chi connectivity index (χ0n) is 25.2. The summed E-state index contributed by atoms with van der Waals surface area (Å²) in [6, 6.07) is 0. The van der Waals surface area contributed by atoms with E-state index >= 15 is 0 Å². The zero-order chi connectivity index (χ0) is 30.0. The second-order valence-electron chi connectivity index (χ2n) is 14.0. The van der Waals surface area contributed by atoms with Crippen molar-refractivity contribution in [3.8, 4) is 0 Å². The summed E-state index contributed by atoms with van der Waals surface area (Å²) in [4.78, 5) is 36.8. The third kappa shape index (κ3) is 4.50. The van der Waals surface area contributed by atoms with Crippen LogP contribution in [0.25, 0.3) is 0 Å². The van der Waals surface area contributed by atoms with Crippen LogP contribution in [-0.2, 0) is 38.1 Å². The van der Waals surface area contributed by atoms with Gasteiger partial charge in [-0.1, -0.05) is 6.92 Å². The van der Waals surface area contributed by atoms with Crippen molar-refractivity contribution in [3.63, 3.8) is 0 Å². The fraction of sp³-hybridized carbons (Fsp3) is 0.844. The van der Waals surface area contributed by atoms with E-state index in [1.54, 1.807) is 13.0 Å². The molecular weight excluding hydrogens is 544 g/mol. The zero-order valence-corrected chi connectivity index (χ0v) is 25.2. The van der Waals surface area contributed by atoms with Crippen molar-refractivity contribution in [3.05, 3.63) is 11.6 Å². The van der Waals surface area contributed by atoms with Crippen LogP contribution in [0.2, 0.25) is 0 Å². The van der Waals surface area contributed by atoms with Gasteiger partial charge in [-0.05, 0) is 94.0 Å². The normalized spacial score (nSPS) is 50.1. The van der Waals surface area contributed by atoms with E-state index in [9.17, 15) is 24.6 Å². The maximum atomic E-state index is 13.1. The maximum absolute atomic E-state index is 13.1. The van der Waals surface area contributed by atoms with Gasteiger partial charge >= 0.3 is 11.9 Å². The lowest BCUT2D eigenvalue weighted by molar-refractivity contribution is -0.315. The third-order valence-corrected chi connectivity index (χ3v) is 12.4. The summed E-state index contributed by atoms with van der Waals surface area (Å²) in [7, 11) is 1.46. The molecule has 4 saturated carbocycles. The van der Waals surface area contributed by atoms with E-state index in [1.807, 2.05) is 0 Å². The van der Waals surface area contributed by atoms with Crippen molar-refractivity contribution in [1.82, 2.24) is 0 Å². The van der Waals surface area contributed by atoms with Gasteiger partial charge in [0, 0.05) is 30.9 Å². The van der Waals surface area contributed by atoms with Crippen molar-refractivity contribution in [2.45, 2.75) is 121 Å². The summed E-state index contributed by atoms with van der Waals surface area (Å²) >= 11 is 0. The predicted molar refractivity (Wildman–Crippen MR) is 148 cm³/mol. The minimum absolute atomic E-state index is 0.0265. The molecule has 0 unspecified atom stereocenters. The molecule has 0 spiro atoms. The molecule has 4 aliphatic carbocycles. The average molecular weight is 591 g/mol. The van der Waals surface area contributed by atoms with Crippen LogP contribution in [-0.4, -0.2) is 84.6 Å². The first kappa shape index (κ1) is 30.2. The molecule has 0 radical (unpaired) electrons. The van der Waals surface area contributed by atoms with Gasteiger partial charge in [0.15, 0.2) is 12.4 Å². The molecule has 234 valence electrons. The molecule has 2 heterocycles. The first-order valence-corrected chi connectivity index (χ1v) is 15.7. The Morgan fingerprint density at radius 3 is 2.55 bits per heavy atom. The molecule has 1 saturated heterocycles. The highest BCUT2D eigenvalue weighted by atomic mass is 16.7. The van der Waals surface area contributed by atoms with E-state index < -0.39 is 47.7 Å². The molecule has 10 nitrogen and oxygen atoms in total. The Morgan fingerprint density at radius 2 is 1.88 bits per heavy atom. The van der Waals surface area contributed by atoms with Gasteiger partial charge in [-0.3, -0.25) is 4.79 Å². The number of rotatable bonds is 6. The van der Waals surface area contributed by atoms with Crippen LogP contribution in [0.1, 0.15) is 78.6 Å².